The van der Waals surface area contributed by atoms with Crippen molar-refractivity contribution in [3.05, 3.63) is 45.0 Å². The van der Waals surface area contributed by atoms with E-state index in [2.05, 4.69) is 26.3 Å². The number of aromatic nitrogens is 2. The predicted octanol–water partition coefficient (Wildman–Crippen LogP) is 5.59. The summed E-state index contributed by atoms with van der Waals surface area (Å²) in [5, 5.41) is 7.02. The van der Waals surface area contributed by atoms with Crippen LogP contribution in [0.4, 0.5) is 19.0 Å². The third kappa shape index (κ3) is 3.99. The first-order valence-corrected chi connectivity index (χ1v) is 10.6. The summed E-state index contributed by atoms with van der Waals surface area (Å²) in [5.41, 5.74) is 0.580. The number of amides is 1. The average Bonchev–Trinajstić information content (AvgIpc) is 3.04. The van der Waals surface area contributed by atoms with Gasteiger partial charge in [-0.3, -0.25) is 4.79 Å². The van der Waals surface area contributed by atoms with Crippen molar-refractivity contribution < 1.29 is 18.0 Å². The number of benzene rings is 1. The van der Waals surface area contributed by atoms with E-state index in [-0.39, 0.29) is 23.0 Å². The van der Waals surface area contributed by atoms with Crippen LogP contribution in [0.25, 0.3) is 0 Å². The largest absolute Gasteiger partial charge is 0.410 e. The van der Waals surface area contributed by atoms with Crippen molar-refractivity contribution >= 4 is 39.3 Å². The SMILES string of the molecule is O=C(c1nn2c(c1Cl)NC(c1ccc(Br)cc1)CC2C(F)(F)F)N1CCCCC1. The molecule has 5 nitrogen and oxygen atoms in total. The van der Waals surface area contributed by atoms with Gasteiger partial charge in [-0.15, -0.1) is 0 Å². The highest BCUT2D eigenvalue weighted by atomic mass is 79.9. The molecular weight excluding hydrogens is 473 g/mol. The summed E-state index contributed by atoms with van der Waals surface area (Å²) in [6.07, 6.45) is -2.00. The highest BCUT2D eigenvalue weighted by Crippen LogP contribution is 2.46. The molecule has 0 saturated carbocycles. The maximum atomic E-state index is 13.8. The monoisotopic (exact) mass is 490 g/mol. The normalized spacial score (nSPS) is 22.2. The summed E-state index contributed by atoms with van der Waals surface area (Å²) in [6, 6.07) is 4.60. The highest BCUT2D eigenvalue weighted by Gasteiger charge is 2.48. The van der Waals surface area contributed by atoms with Gasteiger partial charge in [-0.25, -0.2) is 4.68 Å². The van der Waals surface area contributed by atoms with E-state index in [9.17, 15) is 18.0 Å². The number of nitrogens with zero attached hydrogens (tertiary/aromatic N) is 3. The third-order valence-electron chi connectivity index (χ3n) is 5.41. The van der Waals surface area contributed by atoms with Crippen LogP contribution in [0.2, 0.25) is 5.02 Å². The number of nitrogens with one attached hydrogen (secondary N) is 1. The Labute approximate surface area is 179 Å². The van der Waals surface area contributed by atoms with Gasteiger partial charge in [0.25, 0.3) is 5.91 Å². The molecule has 2 aliphatic rings. The van der Waals surface area contributed by atoms with E-state index >= 15 is 0 Å². The minimum atomic E-state index is -4.52. The Hall–Kier alpha value is -1.74. The van der Waals surface area contributed by atoms with Crippen LogP contribution in [0.5, 0.6) is 0 Å². The number of piperidine rings is 1. The molecule has 1 aromatic heterocycles. The van der Waals surface area contributed by atoms with Crippen LogP contribution < -0.4 is 5.32 Å². The van der Waals surface area contributed by atoms with Gasteiger partial charge in [0.1, 0.15) is 10.8 Å². The molecule has 2 unspecified atom stereocenters. The number of rotatable bonds is 2. The first-order valence-electron chi connectivity index (χ1n) is 9.41. The smallest absolute Gasteiger partial charge is 0.362 e. The van der Waals surface area contributed by atoms with E-state index in [0.717, 1.165) is 28.4 Å². The van der Waals surface area contributed by atoms with Crippen molar-refractivity contribution in [2.75, 3.05) is 18.4 Å². The standard InChI is InChI=1S/C19H19BrClF3N4O/c20-12-6-4-11(5-7-12)13-10-14(19(22,23)24)28-17(25-13)15(21)16(26-28)18(29)27-8-2-1-3-9-27/h4-7,13-14,25H,1-3,8-10H2. The molecule has 0 radical (unpaired) electrons. The van der Waals surface area contributed by atoms with Gasteiger partial charge in [-0.05, 0) is 37.0 Å². The van der Waals surface area contributed by atoms with Gasteiger partial charge >= 0.3 is 6.18 Å². The fraction of sp³-hybridized carbons (Fsp3) is 0.474. The molecule has 2 aromatic rings. The number of likely N-dealkylation sites (tertiary alicyclic amines) is 1. The van der Waals surface area contributed by atoms with Gasteiger partial charge < -0.3 is 10.2 Å². The topological polar surface area (TPSA) is 50.2 Å². The number of alkyl halides is 3. The lowest BCUT2D eigenvalue weighted by molar-refractivity contribution is -0.173. The van der Waals surface area contributed by atoms with E-state index in [0.29, 0.717) is 18.7 Å². The molecule has 4 rings (SSSR count). The Morgan fingerprint density at radius 3 is 2.45 bits per heavy atom. The molecule has 2 aliphatic heterocycles. The molecule has 1 fully saturated rings. The summed E-state index contributed by atoms with van der Waals surface area (Å²) in [7, 11) is 0. The number of carbonyl (C=O) groups is 1. The van der Waals surface area contributed by atoms with E-state index in [4.69, 9.17) is 11.6 Å². The van der Waals surface area contributed by atoms with Crippen LogP contribution in [0.3, 0.4) is 0 Å². The molecule has 3 heterocycles. The molecule has 1 saturated heterocycles. The molecule has 1 N–H and O–H groups in total. The third-order valence-corrected chi connectivity index (χ3v) is 6.30. The number of carbonyl (C=O) groups excluding carboxylic acids is 1. The van der Waals surface area contributed by atoms with Gasteiger partial charge in [0.05, 0.1) is 6.04 Å². The van der Waals surface area contributed by atoms with Gasteiger partial charge in [-0.2, -0.15) is 18.3 Å². The Balaban J connectivity index is 1.71. The van der Waals surface area contributed by atoms with Crippen molar-refractivity contribution in [1.29, 1.82) is 0 Å². The predicted molar refractivity (Wildman–Crippen MR) is 107 cm³/mol. The van der Waals surface area contributed by atoms with Gasteiger partial charge in [0, 0.05) is 24.0 Å². The zero-order valence-corrected chi connectivity index (χ0v) is 17.7. The lowest BCUT2D eigenvalue weighted by Gasteiger charge is -2.33. The first kappa shape index (κ1) is 20.5. The maximum Gasteiger partial charge on any atom is 0.410 e. The van der Waals surface area contributed by atoms with Crippen molar-refractivity contribution in [1.82, 2.24) is 14.7 Å². The molecule has 0 spiro atoms. The van der Waals surface area contributed by atoms with Crippen molar-refractivity contribution in [2.24, 2.45) is 0 Å². The average molecular weight is 492 g/mol. The molecular formula is C19H19BrClF3N4O. The van der Waals surface area contributed by atoms with Crippen LogP contribution >= 0.6 is 27.5 Å². The van der Waals surface area contributed by atoms with E-state index in [1.165, 1.54) is 0 Å². The van der Waals surface area contributed by atoms with Crippen LogP contribution in [0.1, 0.15) is 53.8 Å². The Morgan fingerprint density at radius 1 is 1.17 bits per heavy atom. The Kier molecular flexibility index (Phi) is 5.54. The summed E-state index contributed by atoms with van der Waals surface area (Å²) in [5.74, 6) is -0.381. The van der Waals surface area contributed by atoms with Crippen molar-refractivity contribution in [3.8, 4) is 0 Å². The van der Waals surface area contributed by atoms with Gasteiger partial charge in [0.15, 0.2) is 11.7 Å². The maximum absolute atomic E-state index is 13.8. The van der Waals surface area contributed by atoms with E-state index < -0.39 is 24.2 Å². The van der Waals surface area contributed by atoms with E-state index in [1.54, 1.807) is 29.2 Å². The highest BCUT2D eigenvalue weighted by molar-refractivity contribution is 9.10. The molecule has 29 heavy (non-hydrogen) atoms. The second-order valence-corrected chi connectivity index (χ2v) is 8.64. The van der Waals surface area contributed by atoms with Gasteiger partial charge in [0.2, 0.25) is 0 Å². The summed E-state index contributed by atoms with van der Waals surface area (Å²) in [6.45, 7) is 1.13. The molecule has 0 aliphatic carbocycles. The number of fused-ring (bicyclic) bond motifs is 1. The van der Waals surface area contributed by atoms with Crippen molar-refractivity contribution in [2.45, 2.75) is 43.9 Å². The zero-order chi connectivity index (χ0) is 20.8. The van der Waals surface area contributed by atoms with Crippen LogP contribution in [0.15, 0.2) is 28.7 Å². The first-order chi connectivity index (χ1) is 13.8. The molecule has 156 valence electrons. The number of anilines is 1. The fourth-order valence-electron chi connectivity index (χ4n) is 3.89. The Morgan fingerprint density at radius 2 is 1.83 bits per heavy atom. The second kappa shape index (κ2) is 7.83. The van der Waals surface area contributed by atoms with Crippen LogP contribution in [0, 0.1) is 0 Å². The number of halogens is 5. The lowest BCUT2D eigenvalue weighted by atomic mass is 9.97. The second-order valence-electron chi connectivity index (χ2n) is 7.35. The molecule has 1 aromatic carbocycles. The zero-order valence-electron chi connectivity index (χ0n) is 15.3. The van der Waals surface area contributed by atoms with Gasteiger partial charge in [-0.1, -0.05) is 39.7 Å². The molecule has 2 atom stereocenters. The van der Waals surface area contributed by atoms with Crippen LogP contribution in [-0.2, 0) is 0 Å². The summed E-state index contributed by atoms with van der Waals surface area (Å²) >= 11 is 9.71. The quantitative estimate of drug-likeness (QED) is 0.596. The minimum absolute atomic E-state index is 0.0357. The minimum Gasteiger partial charge on any atom is -0.362 e. The summed E-state index contributed by atoms with van der Waals surface area (Å²) < 4.78 is 43.2. The summed E-state index contributed by atoms with van der Waals surface area (Å²) in [4.78, 5) is 14.4. The molecule has 0 bridgehead atoms. The Bertz CT molecular complexity index is 909. The fourth-order valence-corrected chi connectivity index (χ4v) is 4.41. The lowest BCUT2D eigenvalue weighted by Crippen LogP contribution is -2.37. The van der Waals surface area contributed by atoms with Crippen molar-refractivity contribution in [3.63, 3.8) is 0 Å². The number of hydrogen-bond donors (Lipinski definition) is 1. The molecule has 1 amide bonds. The molecule has 10 heteroatoms. The number of hydrogen-bond acceptors (Lipinski definition) is 3. The van der Waals surface area contributed by atoms with Crippen LogP contribution in [-0.4, -0.2) is 39.9 Å². The van der Waals surface area contributed by atoms with E-state index in [1.807, 2.05) is 0 Å².